The molecule has 0 radical (unpaired) electrons. The molecule has 2 aliphatic heterocycles. The van der Waals surface area contributed by atoms with Gasteiger partial charge in [-0.15, -0.1) is 0 Å². The molecule has 2 heterocycles. The van der Waals surface area contributed by atoms with Crippen LogP contribution in [0.1, 0.15) is 52.0 Å². The van der Waals surface area contributed by atoms with Crippen molar-refractivity contribution >= 4 is 32.6 Å². The lowest BCUT2D eigenvalue weighted by Crippen LogP contribution is -2.41. The first-order valence-corrected chi connectivity index (χ1v) is 13.9. The van der Waals surface area contributed by atoms with Gasteiger partial charge in [0.15, 0.2) is 11.5 Å². The quantitative estimate of drug-likeness (QED) is 0.431. The maximum absolute atomic E-state index is 13.7. The fraction of sp³-hybridized carbons (Fsp3) is 0.357. The average molecular weight is 523 g/mol. The van der Waals surface area contributed by atoms with Crippen LogP contribution in [0, 0.1) is 0 Å². The molecule has 8 nitrogen and oxygen atoms in total. The molecular weight excluding hydrogens is 492 g/mol. The van der Waals surface area contributed by atoms with Crippen LogP contribution in [0.3, 0.4) is 0 Å². The minimum Gasteiger partial charge on any atom is -0.493 e. The predicted molar refractivity (Wildman–Crippen MR) is 140 cm³/mol. The smallest absolute Gasteiger partial charge is 0.261 e. The second-order valence-corrected chi connectivity index (χ2v) is 11.3. The van der Waals surface area contributed by atoms with Gasteiger partial charge in [0.25, 0.3) is 11.8 Å². The van der Waals surface area contributed by atoms with Crippen LogP contribution in [0.4, 0.5) is 0 Å². The predicted octanol–water partition coefficient (Wildman–Crippen LogP) is 4.26. The largest absolute Gasteiger partial charge is 0.493 e. The molecule has 0 N–H and O–H groups in total. The molecule has 0 unspecified atom stereocenters. The summed E-state index contributed by atoms with van der Waals surface area (Å²) in [4.78, 5) is 27.8. The van der Waals surface area contributed by atoms with E-state index >= 15 is 0 Å². The second-order valence-electron chi connectivity index (χ2n) is 9.37. The van der Waals surface area contributed by atoms with Crippen LogP contribution in [-0.4, -0.2) is 63.3 Å². The Bertz CT molecular complexity index is 1420. The van der Waals surface area contributed by atoms with E-state index in [1.165, 1.54) is 23.4 Å². The van der Waals surface area contributed by atoms with E-state index in [0.29, 0.717) is 40.9 Å². The fourth-order valence-corrected chi connectivity index (χ4v) is 7.00. The van der Waals surface area contributed by atoms with Crippen molar-refractivity contribution in [2.24, 2.45) is 0 Å². The van der Waals surface area contributed by atoms with Crippen LogP contribution in [0.2, 0.25) is 0 Å². The van der Waals surface area contributed by atoms with Crippen molar-refractivity contribution < 1.29 is 27.5 Å². The number of rotatable bonds is 7. The average Bonchev–Trinajstić information content (AvgIpc) is 3.21. The number of carbonyl (C=O) groups excluding carboxylic acids is 2. The van der Waals surface area contributed by atoms with Crippen molar-refractivity contribution in [3.05, 3.63) is 65.2 Å². The molecule has 0 spiro atoms. The molecule has 37 heavy (non-hydrogen) atoms. The first kappa shape index (κ1) is 25.2. The standard InChI is InChI=1S/C28H30N2O6S/c1-35-23-17-19(18-24(26(23)36-2)37(33,34)29-14-5-3-4-6-15-29)13-16-30-27(31)21-11-7-9-20-10-8-12-22(25(20)21)28(30)32/h7-12,17-18H,3-6,13-16H2,1-2H3. The zero-order valence-corrected chi connectivity index (χ0v) is 21.8. The molecule has 5 rings (SSSR count). The van der Waals surface area contributed by atoms with Crippen LogP contribution < -0.4 is 9.47 Å². The van der Waals surface area contributed by atoms with Crippen LogP contribution in [0.15, 0.2) is 53.4 Å². The summed E-state index contributed by atoms with van der Waals surface area (Å²) in [6.07, 6.45) is 3.89. The first-order valence-electron chi connectivity index (χ1n) is 12.5. The van der Waals surface area contributed by atoms with Crippen molar-refractivity contribution in [2.75, 3.05) is 33.9 Å². The van der Waals surface area contributed by atoms with E-state index in [9.17, 15) is 18.0 Å². The second kappa shape index (κ2) is 10.1. The molecule has 9 heteroatoms. The summed E-state index contributed by atoms with van der Waals surface area (Å²) >= 11 is 0. The number of hydrogen-bond acceptors (Lipinski definition) is 6. The topological polar surface area (TPSA) is 93.2 Å². The number of imide groups is 1. The highest BCUT2D eigenvalue weighted by molar-refractivity contribution is 7.89. The third-order valence-corrected chi connectivity index (χ3v) is 9.07. The highest BCUT2D eigenvalue weighted by atomic mass is 32.2. The van der Waals surface area contributed by atoms with Gasteiger partial charge in [-0.2, -0.15) is 4.31 Å². The number of hydrogen-bond donors (Lipinski definition) is 0. The molecule has 0 bridgehead atoms. The van der Waals surface area contributed by atoms with E-state index in [-0.39, 0.29) is 35.4 Å². The van der Waals surface area contributed by atoms with Gasteiger partial charge in [0.1, 0.15) is 4.90 Å². The molecule has 3 aromatic carbocycles. The monoisotopic (exact) mass is 522 g/mol. The van der Waals surface area contributed by atoms with E-state index in [1.54, 1.807) is 24.3 Å². The fourth-order valence-electron chi connectivity index (χ4n) is 5.27. The van der Waals surface area contributed by atoms with Crippen molar-refractivity contribution in [3.8, 4) is 11.5 Å². The summed E-state index contributed by atoms with van der Waals surface area (Å²) in [5, 5.41) is 1.52. The molecule has 0 atom stereocenters. The van der Waals surface area contributed by atoms with Gasteiger partial charge in [-0.1, -0.05) is 37.1 Å². The lowest BCUT2D eigenvalue weighted by molar-refractivity contribution is 0.0612. The number of amides is 2. The van der Waals surface area contributed by atoms with Gasteiger partial charge < -0.3 is 9.47 Å². The maximum atomic E-state index is 13.7. The molecule has 3 aromatic rings. The summed E-state index contributed by atoms with van der Waals surface area (Å²) in [5.41, 5.74) is 1.61. The molecule has 0 aromatic heterocycles. The molecule has 2 aliphatic rings. The molecular formula is C28H30N2O6S. The van der Waals surface area contributed by atoms with Gasteiger partial charge in [-0.3, -0.25) is 14.5 Å². The molecule has 2 amide bonds. The summed E-state index contributed by atoms with van der Waals surface area (Å²) in [5.74, 6) is -0.264. The van der Waals surface area contributed by atoms with Gasteiger partial charge in [-0.25, -0.2) is 8.42 Å². The third kappa shape index (κ3) is 4.46. The zero-order valence-electron chi connectivity index (χ0n) is 21.0. The highest BCUT2D eigenvalue weighted by Crippen LogP contribution is 2.38. The van der Waals surface area contributed by atoms with Gasteiger partial charge in [0.2, 0.25) is 10.0 Å². The third-order valence-electron chi connectivity index (χ3n) is 7.17. The lowest BCUT2D eigenvalue weighted by atomic mass is 9.94. The number of carbonyl (C=O) groups is 2. The Balaban J connectivity index is 1.47. The van der Waals surface area contributed by atoms with E-state index in [4.69, 9.17) is 9.47 Å². The molecule has 1 fully saturated rings. The van der Waals surface area contributed by atoms with Crippen molar-refractivity contribution in [3.63, 3.8) is 0 Å². The molecule has 1 saturated heterocycles. The number of methoxy groups -OCH3 is 2. The summed E-state index contributed by atoms with van der Waals surface area (Å²) < 4.78 is 39.8. The Morgan fingerprint density at radius 1 is 0.838 bits per heavy atom. The lowest BCUT2D eigenvalue weighted by Gasteiger charge is -2.27. The van der Waals surface area contributed by atoms with Crippen LogP contribution in [0.25, 0.3) is 10.8 Å². The minimum absolute atomic E-state index is 0.0395. The molecule has 194 valence electrons. The van der Waals surface area contributed by atoms with Gasteiger partial charge in [0, 0.05) is 36.1 Å². The van der Waals surface area contributed by atoms with Crippen LogP contribution in [0.5, 0.6) is 11.5 Å². The van der Waals surface area contributed by atoms with E-state index in [2.05, 4.69) is 0 Å². The van der Waals surface area contributed by atoms with Gasteiger partial charge >= 0.3 is 0 Å². The minimum atomic E-state index is -3.83. The van der Waals surface area contributed by atoms with E-state index < -0.39 is 10.0 Å². The number of sulfonamides is 1. The van der Waals surface area contributed by atoms with Crippen LogP contribution >= 0.6 is 0 Å². The number of ether oxygens (including phenoxy) is 2. The maximum Gasteiger partial charge on any atom is 0.261 e. The van der Waals surface area contributed by atoms with Crippen molar-refractivity contribution in [1.29, 1.82) is 0 Å². The van der Waals surface area contributed by atoms with E-state index in [0.717, 1.165) is 31.1 Å². The van der Waals surface area contributed by atoms with Crippen molar-refractivity contribution in [2.45, 2.75) is 37.0 Å². The van der Waals surface area contributed by atoms with Crippen molar-refractivity contribution in [1.82, 2.24) is 9.21 Å². The number of benzene rings is 3. The zero-order chi connectivity index (χ0) is 26.2. The summed E-state index contributed by atoms with van der Waals surface area (Å²) in [7, 11) is -0.957. The Morgan fingerprint density at radius 3 is 2.03 bits per heavy atom. The molecule has 0 saturated carbocycles. The Hall–Kier alpha value is -3.43. The Kier molecular flexibility index (Phi) is 6.92. The summed E-state index contributed by atoms with van der Waals surface area (Å²) in [6.45, 7) is 1.01. The van der Waals surface area contributed by atoms with E-state index in [1.807, 2.05) is 24.3 Å². The highest BCUT2D eigenvalue weighted by Gasteiger charge is 2.34. The van der Waals surface area contributed by atoms with Crippen LogP contribution in [-0.2, 0) is 16.4 Å². The van der Waals surface area contributed by atoms with Gasteiger partial charge in [-0.05, 0) is 54.5 Å². The van der Waals surface area contributed by atoms with Gasteiger partial charge in [0.05, 0.1) is 14.2 Å². The molecule has 0 aliphatic carbocycles. The normalized spacial score (nSPS) is 16.6. The first-order chi connectivity index (χ1) is 17.9. The number of nitrogens with zero attached hydrogens (tertiary/aromatic N) is 2. The Morgan fingerprint density at radius 2 is 1.46 bits per heavy atom. The Labute approximate surface area is 216 Å². The summed E-state index contributed by atoms with van der Waals surface area (Å²) in [6, 6.07) is 14.1. The SMILES string of the molecule is COc1cc(CCN2C(=O)c3cccc4cccc(c34)C2=O)cc(S(=O)(=O)N2CCCCCC2)c1OC.